The molecule has 0 aliphatic carbocycles. The molecule has 0 bridgehead atoms. The molecule has 2 aromatic rings. The van der Waals surface area contributed by atoms with Gasteiger partial charge in [-0.05, 0) is 29.7 Å². The van der Waals surface area contributed by atoms with Crippen molar-refractivity contribution in [1.82, 2.24) is 9.80 Å². The van der Waals surface area contributed by atoms with Crippen molar-refractivity contribution in [3.05, 3.63) is 59.7 Å². The van der Waals surface area contributed by atoms with Gasteiger partial charge >= 0.3 is 0 Å². The first-order chi connectivity index (χ1) is 12.3. The topological polar surface area (TPSA) is 24.9 Å². The van der Waals surface area contributed by atoms with Crippen LogP contribution in [-0.2, 0) is 13.0 Å². The van der Waals surface area contributed by atoms with Gasteiger partial charge in [-0.2, -0.15) is 0 Å². The van der Waals surface area contributed by atoms with Crippen LogP contribution in [0.4, 0.5) is 0 Å². The van der Waals surface area contributed by atoms with Crippen molar-refractivity contribution in [2.24, 2.45) is 0 Å². The zero-order valence-corrected chi connectivity index (χ0v) is 15.3. The molecule has 2 aromatic carbocycles. The van der Waals surface area contributed by atoms with Gasteiger partial charge in [-0.3, -0.25) is 4.90 Å². The van der Waals surface area contributed by atoms with Crippen LogP contribution >= 0.6 is 0 Å². The Balaban J connectivity index is 1.46. The van der Waals surface area contributed by atoms with Crippen molar-refractivity contribution in [1.29, 1.82) is 0 Å². The molecule has 0 saturated carbocycles. The monoisotopic (exact) mass is 340 g/mol. The number of nitrogens with zero attached hydrogens (tertiary/aromatic N) is 2. The zero-order valence-electron chi connectivity index (χ0n) is 15.3. The van der Waals surface area contributed by atoms with E-state index in [1.54, 1.807) is 14.2 Å². The van der Waals surface area contributed by atoms with E-state index in [1.165, 1.54) is 11.1 Å². The summed E-state index contributed by atoms with van der Waals surface area (Å²) in [4.78, 5) is 5.08. The summed E-state index contributed by atoms with van der Waals surface area (Å²) in [6.07, 6.45) is 1.14. The normalized spacial score (nSPS) is 15.9. The summed E-state index contributed by atoms with van der Waals surface area (Å²) >= 11 is 0. The van der Waals surface area contributed by atoms with Crippen LogP contribution in [0.5, 0.6) is 11.5 Å². The first-order valence-electron chi connectivity index (χ1n) is 8.98. The molecule has 134 valence electrons. The van der Waals surface area contributed by atoms with Crippen LogP contribution in [0.1, 0.15) is 11.1 Å². The van der Waals surface area contributed by atoms with E-state index >= 15 is 0 Å². The molecule has 0 amide bonds. The smallest absolute Gasteiger partial charge is 0.161 e. The molecule has 1 aliphatic heterocycles. The van der Waals surface area contributed by atoms with Gasteiger partial charge in [-0.25, -0.2) is 0 Å². The quantitative estimate of drug-likeness (QED) is 0.773. The van der Waals surface area contributed by atoms with Gasteiger partial charge in [-0.15, -0.1) is 0 Å². The van der Waals surface area contributed by atoms with Crippen molar-refractivity contribution in [3.8, 4) is 11.5 Å². The van der Waals surface area contributed by atoms with Crippen LogP contribution in [0.3, 0.4) is 0 Å². The summed E-state index contributed by atoms with van der Waals surface area (Å²) in [6.45, 7) is 6.62. The van der Waals surface area contributed by atoms with Crippen LogP contribution < -0.4 is 9.47 Å². The van der Waals surface area contributed by atoms with Gasteiger partial charge < -0.3 is 14.4 Å². The molecule has 1 heterocycles. The Hall–Kier alpha value is -2.04. The van der Waals surface area contributed by atoms with Crippen molar-refractivity contribution in [2.45, 2.75) is 13.0 Å². The zero-order chi connectivity index (χ0) is 17.5. The third-order valence-corrected chi connectivity index (χ3v) is 4.88. The van der Waals surface area contributed by atoms with Crippen LogP contribution in [-0.4, -0.2) is 56.7 Å². The Morgan fingerprint density at radius 2 is 1.44 bits per heavy atom. The molecule has 4 nitrogen and oxygen atoms in total. The molecule has 0 aromatic heterocycles. The van der Waals surface area contributed by atoms with Crippen molar-refractivity contribution in [2.75, 3.05) is 46.9 Å². The highest BCUT2D eigenvalue weighted by Crippen LogP contribution is 2.28. The average molecular weight is 340 g/mol. The maximum Gasteiger partial charge on any atom is 0.161 e. The molecule has 0 atom stereocenters. The lowest BCUT2D eigenvalue weighted by Gasteiger charge is -2.34. The highest BCUT2D eigenvalue weighted by molar-refractivity contribution is 5.42. The largest absolute Gasteiger partial charge is 0.493 e. The van der Waals surface area contributed by atoms with E-state index in [4.69, 9.17) is 9.47 Å². The van der Waals surface area contributed by atoms with Crippen molar-refractivity contribution in [3.63, 3.8) is 0 Å². The van der Waals surface area contributed by atoms with E-state index in [0.717, 1.165) is 57.2 Å². The number of piperazine rings is 1. The van der Waals surface area contributed by atoms with E-state index in [-0.39, 0.29) is 0 Å². The van der Waals surface area contributed by atoms with E-state index in [2.05, 4.69) is 52.3 Å². The molecule has 3 rings (SSSR count). The molecular weight excluding hydrogens is 312 g/mol. The Morgan fingerprint density at radius 3 is 2.12 bits per heavy atom. The van der Waals surface area contributed by atoms with Gasteiger partial charge in [0.1, 0.15) is 0 Å². The van der Waals surface area contributed by atoms with Gasteiger partial charge in [0.25, 0.3) is 0 Å². The van der Waals surface area contributed by atoms with Gasteiger partial charge in [-0.1, -0.05) is 36.4 Å². The summed E-state index contributed by atoms with van der Waals surface area (Å²) in [5, 5.41) is 0. The van der Waals surface area contributed by atoms with Gasteiger partial charge in [0, 0.05) is 39.3 Å². The Bertz CT molecular complexity index is 652. The summed E-state index contributed by atoms with van der Waals surface area (Å²) in [5.74, 6) is 1.60. The number of hydrogen-bond donors (Lipinski definition) is 0. The summed E-state index contributed by atoms with van der Waals surface area (Å²) in [6, 6.07) is 17.0. The second-order valence-corrected chi connectivity index (χ2v) is 6.54. The maximum absolute atomic E-state index is 5.41. The second kappa shape index (κ2) is 8.88. The lowest BCUT2D eigenvalue weighted by molar-refractivity contribution is 0.128. The molecule has 0 radical (unpaired) electrons. The minimum atomic E-state index is 0.789. The molecule has 1 saturated heterocycles. The van der Waals surface area contributed by atoms with Crippen LogP contribution in [0, 0.1) is 0 Å². The van der Waals surface area contributed by atoms with Crippen molar-refractivity contribution < 1.29 is 9.47 Å². The molecule has 1 aliphatic rings. The van der Waals surface area contributed by atoms with Crippen LogP contribution in [0.25, 0.3) is 0 Å². The predicted octanol–water partition coefficient (Wildman–Crippen LogP) is 3.06. The van der Waals surface area contributed by atoms with Crippen LogP contribution in [0.2, 0.25) is 0 Å². The number of benzene rings is 2. The maximum atomic E-state index is 5.41. The SMILES string of the molecule is COc1ccc(CN2CCN(CCc3ccccc3)CC2)cc1OC. The molecule has 4 heteroatoms. The minimum Gasteiger partial charge on any atom is -0.493 e. The van der Waals surface area contributed by atoms with Gasteiger partial charge in [0.2, 0.25) is 0 Å². The second-order valence-electron chi connectivity index (χ2n) is 6.54. The predicted molar refractivity (Wildman–Crippen MR) is 101 cm³/mol. The highest BCUT2D eigenvalue weighted by Gasteiger charge is 2.17. The van der Waals surface area contributed by atoms with E-state index in [0.29, 0.717) is 0 Å². The molecule has 0 unspecified atom stereocenters. The van der Waals surface area contributed by atoms with Gasteiger partial charge in [0.15, 0.2) is 11.5 Å². The third kappa shape index (κ3) is 4.97. The molecule has 0 N–H and O–H groups in total. The number of hydrogen-bond acceptors (Lipinski definition) is 4. The fourth-order valence-corrected chi connectivity index (χ4v) is 3.34. The minimum absolute atomic E-state index is 0.789. The average Bonchev–Trinajstić information content (AvgIpc) is 2.68. The van der Waals surface area contributed by atoms with Crippen LogP contribution in [0.15, 0.2) is 48.5 Å². The Labute approximate surface area is 151 Å². The number of rotatable bonds is 7. The fraction of sp³-hybridized carbons (Fsp3) is 0.429. The number of methoxy groups -OCH3 is 2. The highest BCUT2D eigenvalue weighted by atomic mass is 16.5. The Kier molecular flexibility index (Phi) is 6.31. The molecule has 25 heavy (non-hydrogen) atoms. The standard InChI is InChI=1S/C21H28N2O2/c1-24-20-9-8-19(16-21(20)25-2)17-23-14-12-22(13-15-23)11-10-18-6-4-3-5-7-18/h3-9,16H,10-15,17H2,1-2H3. The lowest BCUT2D eigenvalue weighted by Crippen LogP contribution is -2.46. The van der Waals surface area contributed by atoms with E-state index in [1.807, 2.05) is 6.07 Å². The fourth-order valence-electron chi connectivity index (χ4n) is 3.34. The molecular formula is C21H28N2O2. The number of ether oxygens (including phenoxy) is 2. The molecule has 0 spiro atoms. The van der Waals surface area contributed by atoms with Crippen molar-refractivity contribution >= 4 is 0 Å². The Morgan fingerprint density at radius 1 is 0.760 bits per heavy atom. The summed E-state index contributed by atoms with van der Waals surface area (Å²) in [5.41, 5.74) is 2.70. The first kappa shape index (κ1) is 17.8. The van der Waals surface area contributed by atoms with Gasteiger partial charge in [0.05, 0.1) is 14.2 Å². The van der Waals surface area contributed by atoms with E-state index < -0.39 is 0 Å². The summed E-state index contributed by atoms with van der Waals surface area (Å²) < 4.78 is 10.7. The first-order valence-corrected chi connectivity index (χ1v) is 8.98. The molecule has 1 fully saturated rings. The summed E-state index contributed by atoms with van der Waals surface area (Å²) in [7, 11) is 3.36. The lowest BCUT2D eigenvalue weighted by atomic mass is 10.1. The van der Waals surface area contributed by atoms with E-state index in [9.17, 15) is 0 Å². The third-order valence-electron chi connectivity index (χ3n) is 4.88.